The van der Waals surface area contributed by atoms with Crippen LogP contribution in [0.15, 0.2) is 40.9 Å². The Kier molecular flexibility index (Phi) is 4.28. The molecule has 0 N–H and O–H groups in total. The number of rotatable bonds is 3. The van der Waals surface area contributed by atoms with Gasteiger partial charge in [0.25, 0.3) is 0 Å². The quantitative estimate of drug-likeness (QED) is 0.686. The van der Waals surface area contributed by atoms with Crippen LogP contribution < -0.4 is 4.74 Å². The van der Waals surface area contributed by atoms with E-state index in [4.69, 9.17) is 20.9 Å². The van der Waals surface area contributed by atoms with Gasteiger partial charge in [-0.1, -0.05) is 49.7 Å². The Morgan fingerprint density at radius 3 is 2.29 bits per heavy atom. The lowest BCUT2D eigenvalue weighted by Crippen LogP contribution is -2.11. The molecule has 5 nitrogen and oxygen atoms in total. The van der Waals surface area contributed by atoms with Crippen LogP contribution in [-0.2, 0) is 5.41 Å². The molecule has 24 heavy (non-hydrogen) atoms. The van der Waals surface area contributed by atoms with E-state index in [1.807, 2.05) is 57.2 Å². The highest BCUT2D eigenvalue weighted by atomic mass is 35.5. The molecule has 0 unspecified atom stereocenters. The van der Waals surface area contributed by atoms with Crippen molar-refractivity contribution in [2.45, 2.75) is 26.2 Å². The summed E-state index contributed by atoms with van der Waals surface area (Å²) in [5.41, 5.74) is 2.21. The first-order valence-electron chi connectivity index (χ1n) is 7.54. The highest BCUT2D eigenvalue weighted by molar-refractivity contribution is 6.30. The van der Waals surface area contributed by atoms with E-state index in [-0.39, 0.29) is 5.41 Å². The zero-order valence-electron chi connectivity index (χ0n) is 14.0. The minimum atomic E-state index is -0.213. The van der Waals surface area contributed by atoms with E-state index in [0.29, 0.717) is 28.2 Å². The van der Waals surface area contributed by atoms with E-state index in [1.165, 1.54) is 0 Å². The third-order valence-electron chi connectivity index (χ3n) is 3.50. The summed E-state index contributed by atoms with van der Waals surface area (Å²) >= 11 is 5.93. The third kappa shape index (κ3) is 3.26. The van der Waals surface area contributed by atoms with Gasteiger partial charge in [0.1, 0.15) is 0 Å². The van der Waals surface area contributed by atoms with Crippen LogP contribution in [0.1, 0.15) is 26.7 Å². The maximum atomic E-state index is 5.93. The minimum absolute atomic E-state index is 0.213. The van der Waals surface area contributed by atoms with Crippen LogP contribution in [0.4, 0.5) is 0 Å². The second-order valence-electron chi connectivity index (χ2n) is 6.43. The molecule has 6 heteroatoms. The largest absolute Gasteiger partial charge is 0.480 e. The Balaban J connectivity index is 2.01. The summed E-state index contributed by atoms with van der Waals surface area (Å²) in [5, 5.41) is 4.74. The Morgan fingerprint density at radius 1 is 1.00 bits per heavy atom. The lowest BCUT2D eigenvalue weighted by molar-refractivity contribution is 0.321. The highest BCUT2D eigenvalue weighted by Crippen LogP contribution is 2.31. The zero-order valence-corrected chi connectivity index (χ0v) is 14.8. The summed E-state index contributed by atoms with van der Waals surface area (Å²) in [5.74, 6) is 1.48. The number of aromatic nitrogens is 3. The second kappa shape index (κ2) is 6.24. The van der Waals surface area contributed by atoms with E-state index in [2.05, 4.69) is 15.1 Å². The number of hydrogen-bond donors (Lipinski definition) is 0. The zero-order chi connectivity index (χ0) is 17.3. The molecule has 3 rings (SSSR count). The van der Waals surface area contributed by atoms with E-state index in [9.17, 15) is 0 Å². The lowest BCUT2D eigenvalue weighted by Gasteiger charge is -2.10. The molecule has 0 aliphatic rings. The number of nitrogens with zero attached hydrogens (tertiary/aromatic N) is 3. The van der Waals surface area contributed by atoms with Gasteiger partial charge in [-0.05, 0) is 24.3 Å². The third-order valence-corrected chi connectivity index (χ3v) is 3.75. The molecule has 0 bridgehead atoms. The van der Waals surface area contributed by atoms with Crippen LogP contribution in [0.3, 0.4) is 0 Å². The Morgan fingerprint density at radius 2 is 1.71 bits per heavy atom. The van der Waals surface area contributed by atoms with Crippen LogP contribution in [0, 0.1) is 0 Å². The van der Waals surface area contributed by atoms with Gasteiger partial charge in [0.05, 0.1) is 18.4 Å². The molecule has 0 aliphatic carbocycles. The Hall–Kier alpha value is -2.40. The normalized spacial score (nSPS) is 11.5. The molecule has 124 valence electrons. The van der Waals surface area contributed by atoms with Gasteiger partial charge in [-0.25, -0.2) is 4.98 Å². The summed E-state index contributed by atoms with van der Waals surface area (Å²) in [6, 6.07) is 11.3. The van der Waals surface area contributed by atoms with Crippen LogP contribution in [0.25, 0.3) is 22.6 Å². The molecule has 0 aliphatic heterocycles. The summed E-state index contributed by atoms with van der Waals surface area (Å²) < 4.78 is 10.8. The fourth-order valence-corrected chi connectivity index (χ4v) is 2.31. The first-order chi connectivity index (χ1) is 11.4. The van der Waals surface area contributed by atoms with Crippen molar-refractivity contribution >= 4 is 11.6 Å². The maximum absolute atomic E-state index is 5.93. The van der Waals surface area contributed by atoms with Crippen LogP contribution in [-0.4, -0.2) is 22.2 Å². The first kappa shape index (κ1) is 16.5. The van der Waals surface area contributed by atoms with Gasteiger partial charge in [-0.2, -0.15) is 4.98 Å². The monoisotopic (exact) mass is 343 g/mol. The number of halogens is 1. The molecule has 0 amide bonds. The highest BCUT2D eigenvalue weighted by Gasteiger charge is 2.23. The average Bonchev–Trinajstić information content (AvgIpc) is 3.05. The predicted octanol–water partition coefficient (Wildman–Crippen LogP) is 4.76. The molecule has 0 radical (unpaired) electrons. The molecular formula is C18H18ClN3O2. The Labute approximate surface area is 145 Å². The molecular weight excluding hydrogens is 326 g/mol. The lowest BCUT2D eigenvalue weighted by atomic mass is 9.97. The molecule has 0 atom stereocenters. The predicted molar refractivity (Wildman–Crippen MR) is 93.2 cm³/mol. The topological polar surface area (TPSA) is 61.0 Å². The van der Waals surface area contributed by atoms with Gasteiger partial charge in [-0.15, -0.1) is 0 Å². The van der Waals surface area contributed by atoms with Gasteiger partial charge < -0.3 is 9.26 Å². The smallest absolute Gasteiger partial charge is 0.232 e. The van der Waals surface area contributed by atoms with E-state index < -0.39 is 0 Å². The molecule has 1 aromatic carbocycles. The molecule has 0 fully saturated rings. The summed E-state index contributed by atoms with van der Waals surface area (Å²) in [4.78, 5) is 9.01. The Bertz CT molecular complexity index is 851. The van der Waals surface area contributed by atoms with Crippen LogP contribution in [0.2, 0.25) is 5.02 Å². The van der Waals surface area contributed by atoms with Crippen LogP contribution >= 0.6 is 11.6 Å². The summed E-state index contributed by atoms with van der Waals surface area (Å²) in [6.45, 7) is 6.05. The molecule has 0 saturated carbocycles. The van der Waals surface area contributed by atoms with Crippen molar-refractivity contribution in [3.63, 3.8) is 0 Å². The molecule has 3 aromatic rings. The van der Waals surface area contributed by atoms with Gasteiger partial charge >= 0.3 is 0 Å². The summed E-state index contributed by atoms with van der Waals surface area (Å²) in [6.07, 6.45) is 0. The van der Waals surface area contributed by atoms with Crippen molar-refractivity contribution in [1.29, 1.82) is 0 Å². The fraction of sp³-hybridized carbons (Fsp3) is 0.278. The van der Waals surface area contributed by atoms with Gasteiger partial charge in [-0.3, -0.25) is 0 Å². The van der Waals surface area contributed by atoms with Crippen molar-refractivity contribution < 1.29 is 9.26 Å². The van der Waals surface area contributed by atoms with Gasteiger partial charge in [0.15, 0.2) is 0 Å². The molecule has 0 spiro atoms. The number of benzene rings is 1. The minimum Gasteiger partial charge on any atom is -0.480 e. The van der Waals surface area contributed by atoms with Crippen molar-refractivity contribution in [2.75, 3.05) is 7.11 Å². The van der Waals surface area contributed by atoms with Crippen molar-refractivity contribution in [3.8, 4) is 28.5 Å². The van der Waals surface area contributed by atoms with Gasteiger partial charge in [0.2, 0.25) is 17.6 Å². The van der Waals surface area contributed by atoms with Crippen molar-refractivity contribution in [2.24, 2.45) is 0 Å². The number of ether oxygens (including phenoxy) is 1. The van der Waals surface area contributed by atoms with Crippen LogP contribution in [0.5, 0.6) is 5.88 Å². The fourth-order valence-electron chi connectivity index (χ4n) is 2.19. The maximum Gasteiger partial charge on any atom is 0.232 e. The number of pyridine rings is 1. The number of hydrogen-bond acceptors (Lipinski definition) is 5. The number of methoxy groups -OCH3 is 1. The standard InChI is InChI=1S/C18H18ClN3O2/c1-18(2,3)17-21-15(22-24-17)13-9-10-14(20-16(13)23-4)11-5-7-12(19)8-6-11/h5-10H,1-4H3. The molecule has 2 heterocycles. The first-order valence-corrected chi connectivity index (χ1v) is 7.92. The molecule has 2 aromatic heterocycles. The van der Waals surface area contributed by atoms with Gasteiger partial charge in [0, 0.05) is 16.0 Å². The summed E-state index contributed by atoms with van der Waals surface area (Å²) in [7, 11) is 1.57. The second-order valence-corrected chi connectivity index (χ2v) is 6.87. The van der Waals surface area contributed by atoms with E-state index in [1.54, 1.807) is 7.11 Å². The average molecular weight is 344 g/mol. The van der Waals surface area contributed by atoms with E-state index in [0.717, 1.165) is 11.3 Å². The van der Waals surface area contributed by atoms with Crippen molar-refractivity contribution in [3.05, 3.63) is 47.3 Å². The molecule has 0 saturated heterocycles. The SMILES string of the molecule is COc1nc(-c2ccc(Cl)cc2)ccc1-c1noc(C(C)(C)C)n1. The van der Waals surface area contributed by atoms with Crippen molar-refractivity contribution in [1.82, 2.24) is 15.1 Å². The van der Waals surface area contributed by atoms with E-state index >= 15 is 0 Å².